The molecule has 1 aromatic carbocycles. The van der Waals surface area contributed by atoms with Gasteiger partial charge in [-0.25, -0.2) is 4.79 Å². The molecule has 0 bridgehead atoms. The molecule has 0 saturated carbocycles. The molecule has 3 nitrogen and oxygen atoms in total. The highest BCUT2D eigenvalue weighted by molar-refractivity contribution is 7.17. The lowest BCUT2D eigenvalue weighted by atomic mass is 10.1. The lowest BCUT2D eigenvalue weighted by molar-refractivity contribution is -0.141. The third kappa shape index (κ3) is 3.47. The van der Waals surface area contributed by atoms with Gasteiger partial charge in [0.15, 0.2) is 0 Å². The molecule has 1 N–H and O–H groups in total. The number of hydrogen-bond donors (Lipinski definition) is 1. The Morgan fingerprint density at radius 3 is 3.00 bits per heavy atom. The summed E-state index contributed by atoms with van der Waals surface area (Å²) in [6.07, 6.45) is 2.87. The number of methoxy groups -OCH3 is 1. The van der Waals surface area contributed by atoms with Gasteiger partial charge >= 0.3 is 5.97 Å². The predicted molar refractivity (Wildman–Crippen MR) is 80.8 cm³/mol. The molecular formula is C15H19NO2S. The quantitative estimate of drug-likeness (QED) is 0.810. The molecule has 2 aromatic rings. The van der Waals surface area contributed by atoms with Crippen LogP contribution in [0.1, 0.15) is 26.2 Å². The lowest BCUT2D eigenvalue weighted by Crippen LogP contribution is -2.30. The average Bonchev–Trinajstić information content (AvgIpc) is 2.90. The van der Waals surface area contributed by atoms with Crippen molar-refractivity contribution in [3.63, 3.8) is 0 Å². The predicted octanol–water partition coefficient (Wildman–Crippen LogP) is 4.05. The molecule has 0 aliphatic heterocycles. The molecule has 0 fully saturated rings. The van der Waals surface area contributed by atoms with Gasteiger partial charge in [0.1, 0.15) is 6.04 Å². The SMILES string of the molecule is CCCCC(Nc1ccc2sccc2c1)C(=O)OC. The van der Waals surface area contributed by atoms with E-state index in [1.807, 2.05) is 6.07 Å². The summed E-state index contributed by atoms with van der Waals surface area (Å²) >= 11 is 1.72. The van der Waals surface area contributed by atoms with Crippen molar-refractivity contribution in [1.82, 2.24) is 0 Å². The number of ether oxygens (including phenoxy) is 1. The van der Waals surface area contributed by atoms with Crippen molar-refractivity contribution in [3.8, 4) is 0 Å². The van der Waals surface area contributed by atoms with Gasteiger partial charge in [-0.1, -0.05) is 19.8 Å². The minimum Gasteiger partial charge on any atom is -0.467 e. The first-order valence-electron chi connectivity index (χ1n) is 6.56. The number of benzene rings is 1. The van der Waals surface area contributed by atoms with E-state index in [0.717, 1.165) is 24.9 Å². The molecule has 0 aliphatic rings. The smallest absolute Gasteiger partial charge is 0.328 e. The van der Waals surface area contributed by atoms with E-state index in [1.54, 1.807) is 11.3 Å². The summed E-state index contributed by atoms with van der Waals surface area (Å²) in [5, 5.41) is 6.55. The van der Waals surface area contributed by atoms with Crippen LogP contribution in [0.3, 0.4) is 0 Å². The van der Waals surface area contributed by atoms with E-state index in [-0.39, 0.29) is 12.0 Å². The normalized spacial score (nSPS) is 12.3. The Bertz CT molecular complexity index is 550. The van der Waals surface area contributed by atoms with Gasteiger partial charge < -0.3 is 10.1 Å². The fraction of sp³-hybridized carbons (Fsp3) is 0.400. The largest absolute Gasteiger partial charge is 0.467 e. The van der Waals surface area contributed by atoms with Crippen molar-refractivity contribution in [3.05, 3.63) is 29.6 Å². The van der Waals surface area contributed by atoms with Crippen LogP contribution in [0, 0.1) is 0 Å². The number of anilines is 1. The Morgan fingerprint density at radius 1 is 1.42 bits per heavy atom. The number of unbranched alkanes of at least 4 members (excludes halogenated alkanes) is 1. The molecule has 1 atom stereocenters. The zero-order valence-corrected chi connectivity index (χ0v) is 12.1. The van der Waals surface area contributed by atoms with E-state index in [1.165, 1.54) is 17.2 Å². The minimum atomic E-state index is -0.263. The number of carbonyl (C=O) groups is 1. The topological polar surface area (TPSA) is 38.3 Å². The summed E-state index contributed by atoms with van der Waals surface area (Å²) in [6, 6.07) is 8.00. The second kappa shape index (κ2) is 6.57. The first-order valence-corrected chi connectivity index (χ1v) is 7.44. The molecule has 1 aromatic heterocycles. The molecule has 0 radical (unpaired) electrons. The standard InChI is InChI=1S/C15H19NO2S/c1-3-4-5-13(15(17)18-2)16-12-6-7-14-11(10-12)8-9-19-14/h6-10,13,16H,3-5H2,1-2H3. The van der Waals surface area contributed by atoms with E-state index >= 15 is 0 Å². The molecule has 0 spiro atoms. The van der Waals surface area contributed by atoms with Gasteiger partial charge in [0.25, 0.3) is 0 Å². The van der Waals surface area contributed by atoms with Crippen molar-refractivity contribution in [2.24, 2.45) is 0 Å². The monoisotopic (exact) mass is 277 g/mol. The Morgan fingerprint density at radius 2 is 2.26 bits per heavy atom. The van der Waals surface area contributed by atoms with Gasteiger partial charge in [-0.15, -0.1) is 11.3 Å². The highest BCUT2D eigenvalue weighted by atomic mass is 32.1. The number of hydrogen-bond acceptors (Lipinski definition) is 4. The van der Waals surface area contributed by atoms with Crippen LogP contribution in [0.2, 0.25) is 0 Å². The van der Waals surface area contributed by atoms with Crippen LogP contribution >= 0.6 is 11.3 Å². The average molecular weight is 277 g/mol. The fourth-order valence-electron chi connectivity index (χ4n) is 2.06. The van der Waals surface area contributed by atoms with Crippen LogP contribution in [-0.4, -0.2) is 19.1 Å². The summed E-state index contributed by atoms with van der Waals surface area (Å²) in [6.45, 7) is 2.12. The van der Waals surface area contributed by atoms with Gasteiger partial charge in [0.05, 0.1) is 7.11 Å². The van der Waals surface area contributed by atoms with Crippen molar-refractivity contribution >= 4 is 33.1 Å². The zero-order valence-electron chi connectivity index (χ0n) is 11.3. The van der Waals surface area contributed by atoms with E-state index in [0.29, 0.717) is 0 Å². The minimum absolute atomic E-state index is 0.195. The summed E-state index contributed by atoms with van der Waals surface area (Å²) < 4.78 is 6.11. The molecule has 2 rings (SSSR count). The van der Waals surface area contributed by atoms with Gasteiger partial charge in [-0.3, -0.25) is 0 Å². The fourth-order valence-corrected chi connectivity index (χ4v) is 2.83. The van der Waals surface area contributed by atoms with Crippen LogP contribution in [0.15, 0.2) is 29.6 Å². The first-order chi connectivity index (χ1) is 9.24. The maximum atomic E-state index is 11.8. The Labute approximate surface area is 117 Å². The summed E-state index contributed by atoms with van der Waals surface area (Å²) in [5.41, 5.74) is 0.970. The van der Waals surface area contributed by atoms with Crippen LogP contribution in [0.25, 0.3) is 10.1 Å². The number of carbonyl (C=O) groups excluding carboxylic acids is 1. The van der Waals surface area contributed by atoms with Crippen molar-refractivity contribution in [1.29, 1.82) is 0 Å². The van der Waals surface area contributed by atoms with Gasteiger partial charge in [0.2, 0.25) is 0 Å². The third-order valence-electron chi connectivity index (χ3n) is 3.13. The number of thiophene rings is 1. The molecule has 0 aliphatic carbocycles. The number of esters is 1. The van der Waals surface area contributed by atoms with Crippen LogP contribution < -0.4 is 5.32 Å². The molecule has 102 valence electrons. The van der Waals surface area contributed by atoms with Gasteiger partial charge in [0, 0.05) is 10.4 Å². The molecule has 1 unspecified atom stereocenters. The molecule has 1 heterocycles. The summed E-state index contributed by atoms with van der Waals surface area (Å²) in [5.74, 6) is -0.195. The highest BCUT2D eigenvalue weighted by Gasteiger charge is 2.18. The summed E-state index contributed by atoms with van der Waals surface area (Å²) in [4.78, 5) is 11.8. The summed E-state index contributed by atoms with van der Waals surface area (Å²) in [7, 11) is 1.44. The molecule has 19 heavy (non-hydrogen) atoms. The van der Waals surface area contributed by atoms with Crippen LogP contribution in [0.5, 0.6) is 0 Å². The maximum absolute atomic E-state index is 11.8. The van der Waals surface area contributed by atoms with E-state index in [9.17, 15) is 4.79 Å². The Kier molecular flexibility index (Phi) is 4.80. The number of fused-ring (bicyclic) bond motifs is 1. The Balaban J connectivity index is 2.12. The van der Waals surface area contributed by atoms with Crippen molar-refractivity contribution in [2.45, 2.75) is 32.2 Å². The van der Waals surface area contributed by atoms with E-state index in [2.05, 4.69) is 35.8 Å². The second-order valence-corrected chi connectivity index (χ2v) is 5.48. The number of rotatable bonds is 6. The lowest BCUT2D eigenvalue weighted by Gasteiger charge is -2.17. The van der Waals surface area contributed by atoms with Gasteiger partial charge in [-0.05, 0) is 41.5 Å². The van der Waals surface area contributed by atoms with Crippen molar-refractivity contribution < 1.29 is 9.53 Å². The van der Waals surface area contributed by atoms with Crippen molar-refractivity contribution in [2.75, 3.05) is 12.4 Å². The van der Waals surface area contributed by atoms with E-state index < -0.39 is 0 Å². The Hall–Kier alpha value is -1.55. The van der Waals surface area contributed by atoms with Gasteiger partial charge in [-0.2, -0.15) is 0 Å². The molecule has 0 saturated heterocycles. The van der Waals surface area contributed by atoms with Crippen LogP contribution in [0.4, 0.5) is 5.69 Å². The molecular weight excluding hydrogens is 258 g/mol. The van der Waals surface area contributed by atoms with Crippen LogP contribution in [-0.2, 0) is 9.53 Å². The maximum Gasteiger partial charge on any atom is 0.328 e. The molecule has 0 amide bonds. The number of nitrogens with one attached hydrogen (secondary N) is 1. The molecule has 4 heteroatoms. The highest BCUT2D eigenvalue weighted by Crippen LogP contribution is 2.24. The van der Waals surface area contributed by atoms with E-state index in [4.69, 9.17) is 4.74 Å². The second-order valence-electron chi connectivity index (χ2n) is 4.54. The third-order valence-corrected chi connectivity index (χ3v) is 4.02. The zero-order chi connectivity index (χ0) is 13.7. The first kappa shape index (κ1) is 13.9.